The molecule has 18 heavy (non-hydrogen) atoms. The summed E-state index contributed by atoms with van der Waals surface area (Å²) in [4.78, 5) is 4.37. The van der Waals surface area contributed by atoms with Gasteiger partial charge in [-0.3, -0.25) is 4.99 Å². The lowest BCUT2D eigenvalue weighted by molar-refractivity contribution is 0.00719. The molecule has 0 heterocycles. The zero-order valence-electron chi connectivity index (χ0n) is 11.6. The quantitative estimate of drug-likeness (QED) is 0.301. The second kappa shape index (κ2) is 8.96. The number of nitrogens with one attached hydrogen (secondary N) is 1. The molecule has 0 aliphatic heterocycles. The normalized spacial score (nSPS) is 28.6. The van der Waals surface area contributed by atoms with Gasteiger partial charge < -0.3 is 16.2 Å². The van der Waals surface area contributed by atoms with Crippen LogP contribution in [0.2, 0.25) is 0 Å². The molecule has 0 spiro atoms. The van der Waals surface area contributed by atoms with Crippen LogP contribution >= 0.6 is 24.0 Å². The molecule has 1 aliphatic rings. The third kappa shape index (κ3) is 5.73. The molecule has 5 heteroatoms. The van der Waals surface area contributed by atoms with Crippen LogP contribution in [0.1, 0.15) is 52.4 Å². The van der Waals surface area contributed by atoms with Gasteiger partial charge in [-0.2, -0.15) is 0 Å². The molecule has 0 saturated heterocycles. The first-order valence-electron chi connectivity index (χ1n) is 6.80. The largest absolute Gasteiger partial charge is 0.392 e. The molecule has 1 aliphatic carbocycles. The predicted octanol–water partition coefficient (Wildman–Crippen LogP) is 2.25. The van der Waals surface area contributed by atoms with Crippen molar-refractivity contribution in [3.05, 3.63) is 0 Å². The van der Waals surface area contributed by atoms with E-state index < -0.39 is 0 Å². The van der Waals surface area contributed by atoms with E-state index in [-0.39, 0.29) is 35.5 Å². The number of halogens is 1. The molecule has 4 nitrogen and oxygen atoms in total. The average Bonchev–Trinajstić information content (AvgIpc) is 2.31. The number of hydrogen-bond donors (Lipinski definition) is 3. The summed E-state index contributed by atoms with van der Waals surface area (Å²) in [7, 11) is 0. The van der Waals surface area contributed by atoms with Gasteiger partial charge in [-0.1, -0.05) is 33.1 Å². The predicted molar refractivity (Wildman–Crippen MR) is 87.4 cm³/mol. The molecule has 0 aromatic heterocycles. The fourth-order valence-electron chi connectivity index (χ4n) is 2.28. The second-order valence-corrected chi connectivity index (χ2v) is 5.40. The van der Waals surface area contributed by atoms with E-state index in [0.717, 1.165) is 38.6 Å². The van der Waals surface area contributed by atoms with E-state index in [4.69, 9.17) is 5.73 Å². The van der Waals surface area contributed by atoms with Gasteiger partial charge in [-0.25, -0.2) is 0 Å². The molecular formula is C13H28IN3O. The van der Waals surface area contributed by atoms with Crippen LogP contribution in [0.4, 0.5) is 0 Å². The highest BCUT2D eigenvalue weighted by molar-refractivity contribution is 14.0. The topological polar surface area (TPSA) is 70.6 Å². The van der Waals surface area contributed by atoms with E-state index in [1.807, 2.05) is 0 Å². The Hall–Kier alpha value is -0.0400. The van der Waals surface area contributed by atoms with Crippen LogP contribution in [-0.4, -0.2) is 30.3 Å². The Labute approximate surface area is 128 Å². The molecule has 2 unspecified atom stereocenters. The molecular weight excluding hydrogens is 341 g/mol. The number of hydrogen-bond acceptors (Lipinski definition) is 2. The maximum Gasteiger partial charge on any atom is 0.188 e. The van der Waals surface area contributed by atoms with Crippen LogP contribution < -0.4 is 11.1 Å². The SMILES string of the molecule is CCCCNC(N)=NCC1(C)CCCCC1O.I. The second-order valence-electron chi connectivity index (χ2n) is 5.40. The highest BCUT2D eigenvalue weighted by Crippen LogP contribution is 2.36. The number of aliphatic hydroxyl groups excluding tert-OH is 1. The van der Waals surface area contributed by atoms with Gasteiger partial charge in [-0.15, -0.1) is 24.0 Å². The van der Waals surface area contributed by atoms with Gasteiger partial charge in [0.05, 0.1) is 12.6 Å². The molecule has 0 amide bonds. The minimum Gasteiger partial charge on any atom is -0.392 e. The smallest absolute Gasteiger partial charge is 0.188 e. The first-order valence-corrected chi connectivity index (χ1v) is 6.80. The summed E-state index contributed by atoms with van der Waals surface area (Å²) in [5.74, 6) is 0.512. The Balaban J connectivity index is 0.00000289. The number of aliphatic imine (C=N–C) groups is 1. The molecule has 1 saturated carbocycles. The summed E-state index contributed by atoms with van der Waals surface area (Å²) in [6.45, 7) is 5.76. The van der Waals surface area contributed by atoms with Gasteiger partial charge in [0, 0.05) is 12.0 Å². The Bertz CT molecular complexity index is 261. The summed E-state index contributed by atoms with van der Waals surface area (Å²) in [6.07, 6.45) is 6.28. The Morgan fingerprint density at radius 2 is 2.22 bits per heavy atom. The standard InChI is InChI=1S/C13H27N3O.HI/c1-3-4-9-15-12(14)16-10-13(2)8-6-5-7-11(13)17;/h11,17H,3-10H2,1-2H3,(H3,14,15,16);1H. The fraction of sp³-hybridized carbons (Fsp3) is 0.923. The van der Waals surface area contributed by atoms with Crippen LogP contribution in [0.25, 0.3) is 0 Å². The number of rotatable bonds is 5. The maximum atomic E-state index is 10.0. The van der Waals surface area contributed by atoms with Gasteiger partial charge in [0.1, 0.15) is 0 Å². The molecule has 4 N–H and O–H groups in total. The van der Waals surface area contributed by atoms with Crippen molar-refractivity contribution < 1.29 is 5.11 Å². The van der Waals surface area contributed by atoms with Crippen LogP contribution in [0.5, 0.6) is 0 Å². The summed E-state index contributed by atoms with van der Waals surface area (Å²) < 4.78 is 0. The number of aliphatic hydroxyl groups is 1. The van der Waals surface area contributed by atoms with E-state index >= 15 is 0 Å². The first-order chi connectivity index (χ1) is 8.08. The number of unbranched alkanes of at least 4 members (excludes halogenated alkanes) is 1. The third-order valence-corrected chi connectivity index (χ3v) is 3.73. The van der Waals surface area contributed by atoms with Crippen molar-refractivity contribution >= 4 is 29.9 Å². The monoisotopic (exact) mass is 369 g/mol. The van der Waals surface area contributed by atoms with E-state index in [2.05, 4.69) is 24.2 Å². The molecule has 0 bridgehead atoms. The minimum atomic E-state index is -0.233. The van der Waals surface area contributed by atoms with Crippen molar-refractivity contribution in [1.82, 2.24) is 5.32 Å². The Kier molecular flexibility index (Phi) is 8.94. The van der Waals surface area contributed by atoms with Crippen molar-refractivity contribution in [1.29, 1.82) is 0 Å². The van der Waals surface area contributed by atoms with E-state index in [1.165, 1.54) is 6.42 Å². The summed E-state index contributed by atoms with van der Waals surface area (Å²) in [6, 6.07) is 0. The molecule has 1 fully saturated rings. The molecule has 108 valence electrons. The molecule has 0 radical (unpaired) electrons. The van der Waals surface area contributed by atoms with Crippen molar-refractivity contribution in [3.63, 3.8) is 0 Å². The van der Waals surface area contributed by atoms with Crippen LogP contribution in [0.3, 0.4) is 0 Å². The molecule has 0 aromatic carbocycles. The minimum absolute atomic E-state index is 0. The lowest BCUT2D eigenvalue weighted by atomic mass is 9.73. The van der Waals surface area contributed by atoms with Gasteiger partial charge in [0.25, 0.3) is 0 Å². The van der Waals surface area contributed by atoms with Crippen molar-refractivity contribution in [2.45, 2.75) is 58.5 Å². The Morgan fingerprint density at radius 1 is 1.50 bits per heavy atom. The zero-order chi connectivity index (χ0) is 12.7. The lowest BCUT2D eigenvalue weighted by Crippen LogP contribution is -2.40. The molecule has 2 atom stereocenters. The fourth-order valence-corrected chi connectivity index (χ4v) is 2.28. The summed E-state index contributed by atoms with van der Waals surface area (Å²) in [5, 5.41) is 13.1. The Morgan fingerprint density at radius 3 is 2.83 bits per heavy atom. The van der Waals surface area contributed by atoms with Crippen molar-refractivity contribution in [2.24, 2.45) is 16.1 Å². The highest BCUT2D eigenvalue weighted by Gasteiger charge is 2.35. The highest BCUT2D eigenvalue weighted by atomic mass is 127. The van der Waals surface area contributed by atoms with Crippen LogP contribution in [0, 0.1) is 5.41 Å². The number of nitrogens with zero attached hydrogens (tertiary/aromatic N) is 1. The van der Waals surface area contributed by atoms with E-state index in [0.29, 0.717) is 12.5 Å². The van der Waals surface area contributed by atoms with Gasteiger partial charge in [-0.05, 0) is 19.3 Å². The van der Waals surface area contributed by atoms with E-state index in [9.17, 15) is 5.11 Å². The molecule has 1 rings (SSSR count). The number of nitrogens with two attached hydrogens (primary N) is 1. The summed E-state index contributed by atoms with van der Waals surface area (Å²) >= 11 is 0. The summed E-state index contributed by atoms with van der Waals surface area (Å²) in [5.41, 5.74) is 5.71. The van der Waals surface area contributed by atoms with Gasteiger partial charge in [0.15, 0.2) is 5.96 Å². The third-order valence-electron chi connectivity index (χ3n) is 3.73. The van der Waals surface area contributed by atoms with Crippen LogP contribution in [0.15, 0.2) is 4.99 Å². The lowest BCUT2D eigenvalue weighted by Gasteiger charge is -2.37. The molecule has 0 aromatic rings. The average molecular weight is 369 g/mol. The maximum absolute atomic E-state index is 10.0. The zero-order valence-corrected chi connectivity index (χ0v) is 13.9. The van der Waals surface area contributed by atoms with E-state index in [1.54, 1.807) is 0 Å². The first kappa shape index (κ1) is 18.0. The van der Waals surface area contributed by atoms with Crippen molar-refractivity contribution in [2.75, 3.05) is 13.1 Å². The van der Waals surface area contributed by atoms with Gasteiger partial charge >= 0.3 is 0 Å². The van der Waals surface area contributed by atoms with Gasteiger partial charge in [0.2, 0.25) is 0 Å². The number of guanidine groups is 1. The van der Waals surface area contributed by atoms with Crippen LogP contribution in [-0.2, 0) is 0 Å². The van der Waals surface area contributed by atoms with Crippen molar-refractivity contribution in [3.8, 4) is 0 Å².